The van der Waals surface area contributed by atoms with E-state index in [9.17, 15) is 18.3 Å². The molecule has 1 saturated carbocycles. The molecule has 0 amide bonds. The zero-order chi connectivity index (χ0) is 11.8. The molecule has 0 aliphatic heterocycles. The van der Waals surface area contributed by atoms with Gasteiger partial charge in [-0.05, 0) is 29.9 Å². The maximum Gasteiger partial charge on any atom is 0.393 e. The number of aliphatic hydroxyl groups excluding tert-OH is 1. The molecule has 0 spiro atoms. The van der Waals surface area contributed by atoms with E-state index < -0.39 is 18.7 Å². The van der Waals surface area contributed by atoms with E-state index in [-0.39, 0.29) is 5.56 Å². The van der Waals surface area contributed by atoms with Gasteiger partial charge in [0.15, 0.2) is 0 Å². The highest BCUT2D eigenvalue weighted by atomic mass is 19.4. The third-order valence-electron chi connectivity index (χ3n) is 2.79. The smallest absolute Gasteiger partial charge is 0.388 e. The molecule has 1 nitrogen and oxygen atoms in total. The lowest BCUT2D eigenvalue weighted by molar-refractivity contribution is -0.127. The summed E-state index contributed by atoms with van der Waals surface area (Å²) in [7, 11) is 0. The van der Waals surface area contributed by atoms with Crippen molar-refractivity contribution < 1.29 is 18.3 Å². The molecule has 1 unspecified atom stereocenters. The van der Waals surface area contributed by atoms with Gasteiger partial charge in [0.2, 0.25) is 0 Å². The zero-order valence-corrected chi connectivity index (χ0v) is 8.67. The number of benzene rings is 1. The van der Waals surface area contributed by atoms with E-state index in [1.54, 1.807) is 12.1 Å². The van der Waals surface area contributed by atoms with Crippen LogP contribution in [-0.4, -0.2) is 11.3 Å². The molecule has 1 aliphatic carbocycles. The van der Waals surface area contributed by atoms with Crippen LogP contribution in [0.4, 0.5) is 13.2 Å². The fraction of sp³-hybridized carbons (Fsp3) is 0.500. The largest absolute Gasteiger partial charge is 0.393 e. The molecule has 0 heterocycles. The fourth-order valence-electron chi connectivity index (χ4n) is 1.75. The Morgan fingerprint density at radius 1 is 1.19 bits per heavy atom. The highest BCUT2D eigenvalue weighted by Gasteiger charge is 2.31. The lowest BCUT2D eigenvalue weighted by Crippen LogP contribution is -2.11. The molecule has 1 N–H and O–H groups in total. The number of rotatable bonds is 3. The van der Waals surface area contributed by atoms with Crippen LogP contribution in [0.15, 0.2) is 24.3 Å². The first-order chi connectivity index (χ1) is 7.46. The summed E-state index contributed by atoms with van der Waals surface area (Å²) in [6.45, 7) is 0. The second kappa shape index (κ2) is 4.09. The Morgan fingerprint density at radius 2 is 1.75 bits per heavy atom. The van der Waals surface area contributed by atoms with Crippen molar-refractivity contribution in [3.05, 3.63) is 35.4 Å². The molecule has 2 rings (SSSR count). The first kappa shape index (κ1) is 11.5. The van der Waals surface area contributed by atoms with Gasteiger partial charge in [-0.3, -0.25) is 0 Å². The van der Waals surface area contributed by atoms with Crippen LogP contribution in [0.3, 0.4) is 0 Å². The molecule has 1 fully saturated rings. The topological polar surface area (TPSA) is 20.2 Å². The molecule has 1 aromatic carbocycles. The molecule has 0 radical (unpaired) electrons. The van der Waals surface area contributed by atoms with Gasteiger partial charge >= 0.3 is 6.18 Å². The summed E-state index contributed by atoms with van der Waals surface area (Å²) < 4.78 is 36.3. The lowest BCUT2D eigenvalue weighted by atomic mass is 10.0. The van der Waals surface area contributed by atoms with Gasteiger partial charge in [-0.25, -0.2) is 0 Å². The predicted octanol–water partition coefficient (Wildman–Crippen LogP) is 3.23. The van der Waals surface area contributed by atoms with Crippen LogP contribution in [-0.2, 0) is 6.42 Å². The Morgan fingerprint density at radius 3 is 2.19 bits per heavy atom. The molecule has 88 valence electrons. The lowest BCUT2D eigenvalue weighted by Gasteiger charge is -2.11. The minimum Gasteiger partial charge on any atom is -0.388 e. The highest BCUT2D eigenvalue weighted by molar-refractivity contribution is 5.25. The quantitative estimate of drug-likeness (QED) is 0.845. The van der Waals surface area contributed by atoms with Gasteiger partial charge in [0.05, 0.1) is 12.5 Å². The van der Waals surface area contributed by atoms with Crippen molar-refractivity contribution in [2.24, 2.45) is 5.92 Å². The second-order valence-electron chi connectivity index (χ2n) is 4.32. The average molecular weight is 230 g/mol. The number of aliphatic hydroxyl groups is 1. The Bertz CT molecular complexity index is 352. The van der Waals surface area contributed by atoms with Crippen LogP contribution in [0.1, 0.15) is 30.1 Å². The van der Waals surface area contributed by atoms with Crippen LogP contribution >= 0.6 is 0 Å². The maximum absolute atomic E-state index is 12.1. The zero-order valence-electron chi connectivity index (χ0n) is 8.67. The second-order valence-corrected chi connectivity index (χ2v) is 4.32. The van der Waals surface area contributed by atoms with E-state index in [1.807, 2.05) is 0 Å². The highest BCUT2D eigenvalue weighted by Crippen LogP contribution is 2.40. The Hall–Kier alpha value is -1.03. The summed E-state index contributed by atoms with van der Waals surface area (Å²) in [5.41, 5.74) is 0.952. The minimum absolute atomic E-state index is 0.235. The normalized spacial score (nSPS) is 18.5. The first-order valence-electron chi connectivity index (χ1n) is 5.29. The van der Waals surface area contributed by atoms with Gasteiger partial charge in [0.25, 0.3) is 0 Å². The van der Waals surface area contributed by atoms with Gasteiger partial charge in [0, 0.05) is 0 Å². The van der Waals surface area contributed by atoms with Gasteiger partial charge < -0.3 is 5.11 Å². The first-order valence-corrected chi connectivity index (χ1v) is 5.29. The monoisotopic (exact) mass is 230 g/mol. The van der Waals surface area contributed by atoms with E-state index in [1.165, 1.54) is 12.1 Å². The molecule has 16 heavy (non-hydrogen) atoms. The number of hydrogen-bond donors (Lipinski definition) is 1. The van der Waals surface area contributed by atoms with Crippen molar-refractivity contribution in [3.8, 4) is 0 Å². The molecule has 1 aliphatic rings. The average Bonchev–Trinajstić information content (AvgIpc) is 2.98. The predicted molar refractivity (Wildman–Crippen MR) is 53.9 cm³/mol. The van der Waals surface area contributed by atoms with Crippen LogP contribution in [0.25, 0.3) is 0 Å². The van der Waals surface area contributed by atoms with Crippen molar-refractivity contribution in [1.82, 2.24) is 0 Å². The van der Waals surface area contributed by atoms with Gasteiger partial charge in [0.1, 0.15) is 0 Å². The van der Waals surface area contributed by atoms with E-state index in [0.29, 0.717) is 11.5 Å². The summed E-state index contributed by atoms with van der Waals surface area (Å²) in [5.74, 6) is 0.300. The Kier molecular flexibility index (Phi) is 2.93. The van der Waals surface area contributed by atoms with E-state index in [0.717, 1.165) is 12.8 Å². The van der Waals surface area contributed by atoms with Crippen LogP contribution in [0, 0.1) is 5.92 Å². The van der Waals surface area contributed by atoms with E-state index in [4.69, 9.17) is 0 Å². The van der Waals surface area contributed by atoms with Crippen LogP contribution < -0.4 is 0 Å². The van der Waals surface area contributed by atoms with Gasteiger partial charge in [-0.2, -0.15) is 13.2 Å². The molecule has 0 aromatic heterocycles. The third-order valence-corrected chi connectivity index (χ3v) is 2.79. The van der Waals surface area contributed by atoms with Crippen molar-refractivity contribution in [1.29, 1.82) is 0 Å². The van der Waals surface area contributed by atoms with Crippen LogP contribution in [0.5, 0.6) is 0 Å². The van der Waals surface area contributed by atoms with E-state index >= 15 is 0 Å². The SMILES string of the molecule is OC(c1ccc(CC(F)(F)F)cc1)C1CC1. The van der Waals surface area contributed by atoms with Crippen molar-refractivity contribution in [2.45, 2.75) is 31.5 Å². The standard InChI is InChI=1S/C12H13F3O/c13-12(14,15)7-8-1-3-9(4-2-8)11(16)10-5-6-10/h1-4,10-11,16H,5-7H2. The van der Waals surface area contributed by atoms with Crippen molar-refractivity contribution in [2.75, 3.05) is 0 Å². The minimum atomic E-state index is -4.17. The molecule has 4 heteroatoms. The molecule has 0 saturated heterocycles. The Labute approximate surface area is 91.9 Å². The van der Waals surface area contributed by atoms with Gasteiger partial charge in [-0.15, -0.1) is 0 Å². The van der Waals surface area contributed by atoms with Crippen molar-refractivity contribution in [3.63, 3.8) is 0 Å². The van der Waals surface area contributed by atoms with Crippen LogP contribution in [0.2, 0.25) is 0 Å². The molecular weight excluding hydrogens is 217 g/mol. The summed E-state index contributed by atoms with van der Waals surface area (Å²) in [6.07, 6.45) is -3.58. The number of hydrogen-bond acceptors (Lipinski definition) is 1. The summed E-state index contributed by atoms with van der Waals surface area (Å²) in [4.78, 5) is 0. The Balaban J connectivity index is 2.04. The third kappa shape index (κ3) is 2.98. The molecule has 1 atom stereocenters. The molecule has 0 bridgehead atoms. The maximum atomic E-state index is 12.1. The van der Waals surface area contributed by atoms with Gasteiger partial charge in [-0.1, -0.05) is 24.3 Å². The fourth-order valence-corrected chi connectivity index (χ4v) is 1.75. The van der Waals surface area contributed by atoms with E-state index in [2.05, 4.69) is 0 Å². The summed E-state index contributed by atoms with van der Waals surface area (Å²) >= 11 is 0. The summed E-state index contributed by atoms with van der Waals surface area (Å²) in [5, 5.41) is 9.76. The number of alkyl halides is 3. The van der Waals surface area contributed by atoms with Crippen molar-refractivity contribution >= 4 is 0 Å². The number of halogens is 3. The summed E-state index contributed by atoms with van der Waals surface area (Å²) in [6, 6.07) is 6.05. The molecular formula is C12H13F3O. The molecule has 1 aromatic rings.